The van der Waals surface area contributed by atoms with E-state index >= 15 is 0 Å². The van der Waals surface area contributed by atoms with Gasteiger partial charge in [-0.25, -0.2) is 0 Å². The van der Waals surface area contributed by atoms with Crippen LogP contribution in [0.4, 0.5) is 0 Å². The van der Waals surface area contributed by atoms with E-state index in [1.807, 2.05) is 36.1 Å². The van der Waals surface area contributed by atoms with Crippen molar-refractivity contribution < 1.29 is 14.3 Å². The highest BCUT2D eigenvalue weighted by atomic mass is 35.5. The molecule has 2 aliphatic rings. The molecule has 22 heavy (non-hydrogen) atoms. The van der Waals surface area contributed by atoms with Crippen molar-refractivity contribution in [1.82, 2.24) is 4.90 Å². The summed E-state index contributed by atoms with van der Waals surface area (Å²) in [6.45, 7) is 4.53. The Morgan fingerprint density at radius 1 is 1.23 bits per heavy atom. The predicted octanol–water partition coefficient (Wildman–Crippen LogP) is 3.11. The number of amides is 1. The van der Waals surface area contributed by atoms with Crippen molar-refractivity contribution in [1.29, 1.82) is 0 Å². The molecule has 0 radical (unpaired) electrons. The highest BCUT2D eigenvalue weighted by Gasteiger charge is 2.40. The number of likely N-dealkylation sites (tertiary alicyclic amines) is 1. The van der Waals surface area contributed by atoms with Crippen molar-refractivity contribution in [2.45, 2.75) is 25.6 Å². The fourth-order valence-electron chi connectivity index (χ4n) is 2.99. The molecule has 0 saturated carbocycles. The highest BCUT2D eigenvalue weighted by molar-refractivity contribution is 6.32. The van der Waals surface area contributed by atoms with Crippen molar-refractivity contribution in [3.63, 3.8) is 0 Å². The highest BCUT2D eigenvalue weighted by Crippen LogP contribution is 2.31. The van der Waals surface area contributed by atoms with Crippen molar-refractivity contribution in [3.05, 3.63) is 40.9 Å². The van der Waals surface area contributed by atoms with Crippen LogP contribution in [-0.4, -0.2) is 42.9 Å². The number of hydrogen-bond acceptors (Lipinski definition) is 3. The third-order valence-electron chi connectivity index (χ3n) is 4.29. The van der Waals surface area contributed by atoms with E-state index in [1.54, 1.807) is 6.08 Å². The second-order valence-corrected chi connectivity index (χ2v) is 6.15. The van der Waals surface area contributed by atoms with Gasteiger partial charge < -0.3 is 14.4 Å². The molecule has 0 aliphatic carbocycles. The summed E-state index contributed by atoms with van der Waals surface area (Å²) in [6, 6.07) is 7.56. The maximum Gasteiger partial charge on any atom is 0.246 e. The van der Waals surface area contributed by atoms with E-state index in [0.717, 1.165) is 24.0 Å². The number of nitrogens with zero attached hydrogens (tertiary/aromatic N) is 1. The second-order valence-electron chi connectivity index (χ2n) is 5.74. The van der Waals surface area contributed by atoms with Crippen molar-refractivity contribution >= 4 is 23.1 Å². The lowest BCUT2D eigenvalue weighted by molar-refractivity contribution is -0.186. The van der Waals surface area contributed by atoms with Gasteiger partial charge in [-0.05, 0) is 24.1 Å². The molecule has 2 fully saturated rings. The zero-order chi connectivity index (χ0) is 15.6. The topological polar surface area (TPSA) is 38.8 Å². The normalized spacial score (nSPS) is 21.4. The Hall–Kier alpha value is -1.36. The minimum atomic E-state index is -0.446. The maximum absolute atomic E-state index is 12.4. The fourth-order valence-corrected chi connectivity index (χ4v) is 3.27. The van der Waals surface area contributed by atoms with E-state index in [0.29, 0.717) is 31.3 Å². The van der Waals surface area contributed by atoms with Crippen LogP contribution >= 0.6 is 11.6 Å². The number of benzene rings is 1. The van der Waals surface area contributed by atoms with E-state index < -0.39 is 5.79 Å². The molecule has 0 aromatic heterocycles. The molecule has 0 unspecified atom stereocenters. The van der Waals surface area contributed by atoms with E-state index in [2.05, 4.69) is 0 Å². The van der Waals surface area contributed by atoms with Gasteiger partial charge in [0.25, 0.3) is 0 Å². The molecule has 4 nitrogen and oxygen atoms in total. The number of hydrogen-bond donors (Lipinski definition) is 0. The van der Waals surface area contributed by atoms with Gasteiger partial charge in [-0.2, -0.15) is 0 Å². The molecule has 1 aromatic carbocycles. The van der Waals surface area contributed by atoms with Crippen molar-refractivity contribution in [2.24, 2.45) is 0 Å². The number of piperidine rings is 1. The van der Waals surface area contributed by atoms with Crippen LogP contribution in [0.1, 0.15) is 25.3 Å². The van der Waals surface area contributed by atoms with Crippen LogP contribution in [0.15, 0.2) is 30.3 Å². The largest absolute Gasteiger partial charge is 0.347 e. The molecular formula is C17H20ClNO3. The number of ether oxygens (including phenoxy) is 2. The molecule has 1 spiro atoms. The molecule has 5 heteroatoms. The number of halogens is 1. The Bertz CT molecular complexity index is 583. The van der Waals surface area contributed by atoms with E-state index in [4.69, 9.17) is 21.1 Å². The van der Waals surface area contributed by atoms with Gasteiger partial charge in [0.1, 0.15) is 0 Å². The van der Waals surface area contributed by atoms with Gasteiger partial charge >= 0.3 is 0 Å². The molecule has 2 aliphatic heterocycles. The minimum Gasteiger partial charge on any atom is -0.347 e. The number of carbonyl (C=O) groups is 1. The summed E-state index contributed by atoms with van der Waals surface area (Å²) in [5, 5.41) is 0.661. The Labute approximate surface area is 135 Å². The van der Waals surface area contributed by atoms with Crippen LogP contribution in [0.2, 0.25) is 5.02 Å². The maximum atomic E-state index is 12.4. The van der Waals surface area contributed by atoms with E-state index in [-0.39, 0.29) is 5.91 Å². The zero-order valence-corrected chi connectivity index (χ0v) is 13.4. The Balaban J connectivity index is 1.65. The summed E-state index contributed by atoms with van der Waals surface area (Å²) in [5.74, 6) is -0.427. The lowest BCUT2D eigenvalue weighted by Crippen LogP contribution is -2.46. The lowest BCUT2D eigenvalue weighted by atomic mass is 10.0. The van der Waals surface area contributed by atoms with E-state index in [1.165, 1.54) is 0 Å². The monoisotopic (exact) mass is 321 g/mol. The first-order chi connectivity index (χ1) is 10.6. The average molecular weight is 322 g/mol. The second kappa shape index (κ2) is 6.41. The Kier molecular flexibility index (Phi) is 4.52. The van der Waals surface area contributed by atoms with Crippen LogP contribution < -0.4 is 0 Å². The smallest absolute Gasteiger partial charge is 0.246 e. The number of allylic oxidation sites excluding steroid dienone is 1. The van der Waals surface area contributed by atoms with Gasteiger partial charge in [0.05, 0.1) is 13.2 Å². The number of rotatable bonds is 2. The zero-order valence-electron chi connectivity index (χ0n) is 12.7. The Morgan fingerprint density at radius 3 is 2.50 bits per heavy atom. The van der Waals surface area contributed by atoms with Gasteiger partial charge in [-0.3, -0.25) is 4.79 Å². The molecule has 0 N–H and O–H groups in total. The molecule has 2 heterocycles. The van der Waals surface area contributed by atoms with Gasteiger partial charge in [-0.1, -0.05) is 29.8 Å². The standard InChI is InChI=1S/C17H20ClNO3/c1-13(14-4-2-3-5-15(14)18)12-16(20)19-8-6-17(7-9-19)21-10-11-22-17/h2-5,12H,6-11H2,1H3/b13-12+. The summed E-state index contributed by atoms with van der Waals surface area (Å²) in [5.41, 5.74) is 1.78. The molecule has 1 amide bonds. The third-order valence-corrected chi connectivity index (χ3v) is 4.62. The van der Waals surface area contributed by atoms with Crippen LogP contribution in [0.5, 0.6) is 0 Å². The Morgan fingerprint density at radius 2 is 1.86 bits per heavy atom. The van der Waals surface area contributed by atoms with Crippen molar-refractivity contribution in [2.75, 3.05) is 26.3 Å². The first-order valence-electron chi connectivity index (χ1n) is 7.60. The summed E-state index contributed by atoms with van der Waals surface area (Å²) < 4.78 is 11.4. The van der Waals surface area contributed by atoms with Gasteiger partial charge in [-0.15, -0.1) is 0 Å². The van der Waals surface area contributed by atoms with Crippen molar-refractivity contribution in [3.8, 4) is 0 Å². The SMILES string of the molecule is C/C(=C\C(=O)N1CCC2(CC1)OCCO2)c1ccccc1Cl. The first-order valence-corrected chi connectivity index (χ1v) is 7.97. The summed E-state index contributed by atoms with van der Waals surface area (Å²) in [6.07, 6.45) is 3.13. The van der Waals surface area contributed by atoms with Gasteiger partial charge in [0, 0.05) is 37.0 Å². The lowest BCUT2D eigenvalue weighted by Gasteiger charge is -2.37. The fraction of sp³-hybridized carbons (Fsp3) is 0.471. The molecular weight excluding hydrogens is 302 g/mol. The van der Waals surface area contributed by atoms with E-state index in [9.17, 15) is 4.79 Å². The van der Waals surface area contributed by atoms with Gasteiger partial charge in [0.2, 0.25) is 5.91 Å². The molecule has 2 saturated heterocycles. The molecule has 0 bridgehead atoms. The quantitative estimate of drug-likeness (QED) is 0.786. The molecule has 0 atom stereocenters. The van der Waals surface area contributed by atoms with Gasteiger partial charge in [0.15, 0.2) is 5.79 Å². The average Bonchev–Trinajstić information content (AvgIpc) is 2.96. The third kappa shape index (κ3) is 3.19. The first kappa shape index (κ1) is 15.5. The molecule has 3 rings (SSSR count). The predicted molar refractivity (Wildman–Crippen MR) is 85.6 cm³/mol. The van der Waals surface area contributed by atoms with Crippen LogP contribution in [0.3, 0.4) is 0 Å². The summed E-state index contributed by atoms with van der Waals surface area (Å²) in [7, 11) is 0. The van der Waals surface area contributed by atoms with Crippen LogP contribution in [0, 0.1) is 0 Å². The molecule has 118 valence electrons. The minimum absolute atomic E-state index is 0.0188. The van der Waals surface area contributed by atoms with Crippen LogP contribution in [0.25, 0.3) is 5.57 Å². The number of carbonyl (C=O) groups excluding carboxylic acids is 1. The summed E-state index contributed by atoms with van der Waals surface area (Å²) >= 11 is 6.17. The van der Waals surface area contributed by atoms with Crippen LogP contribution in [-0.2, 0) is 14.3 Å². The molecule has 1 aromatic rings. The summed E-state index contributed by atoms with van der Waals surface area (Å²) in [4.78, 5) is 14.3.